The van der Waals surface area contributed by atoms with Crippen LogP contribution < -0.4 is 0 Å². The second kappa shape index (κ2) is 21.5. The molecule has 0 amide bonds. The van der Waals surface area contributed by atoms with Crippen LogP contribution in [0.25, 0.3) is 0 Å². The summed E-state index contributed by atoms with van der Waals surface area (Å²) in [6.45, 7) is 13.0. The molecule has 0 bridgehead atoms. The van der Waals surface area contributed by atoms with Gasteiger partial charge < -0.3 is 99.2 Å². The fourth-order valence-corrected chi connectivity index (χ4v) is 15.5. The van der Waals surface area contributed by atoms with Crippen LogP contribution in [0.1, 0.15) is 113 Å². The largest absolute Gasteiger partial charge is 0.480 e. The van der Waals surface area contributed by atoms with Crippen LogP contribution in [0.4, 0.5) is 0 Å². The molecule has 5 aliphatic carbocycles. The van der Waals surface area contributed by atoms with Gasteiger partial charge in [0, 0.05) is 0 Å². The van der Waals surface area contributed by atoms with Crippen molar-refractivity contribution in [2.45, 2.75) is 217 Å². The maximum atomic E-state index is 14.8. The van der Waals surface area contributed by atoms with E-state index in [2.05, 4.69) is 40.7 Å². The van der Waals surface area contributed by atoms with Gasteiger partial charge in [0.15, 0.2) is 25.0 Å². The van der Waals surface area contributed by atoms with Crippen LogP contribution in [-0.2, 0) is 57.1 Å². The number of ether oxygens (including phenoxy) is 8. The van der Waals surface area contributed by atoms with Crippen molar-refractivity contribution in [1.29, 1.82) is 0 Å². The van der Waals surface area contributed by atoms with Gasteiger partial charge >= 0.3 is 23.9 Å². The Bertz CT molecular complexity index is 2190. The summed E-state index contributed by atoms with van der Waals surface area (Å²) in [6.07, 6.45) is -22.4. The maximum absolute atomic E-state index is 14.8. The van der Waals surface area contributed by atoms with Gasteiger partial charge in [0.1, 0.15) is 67.6 Å². The third-order valence-electron chi connectivity index (χ3n) is 20.0. The van der Waals surface area contributed by atoms with E-state index in [9.17, 15) is 80.5 Å². The first kappa shape index (κ1) is 59.1. The third kappa shape index (κ3) is 10.0. The van der Waals surface area contributed by atoms with E-state index < -0.39 is 159 Å². The maximum Gasteiger partial charge on any atom is 0.337 e. The highest BCUT2D eigenvalue weighted by atomic mass is 16.8. The molecule has 12 N–H and O–H groups in total. The summed E-state index contributed by atoms with van der Waals surface area (Å²) in [6, 6.07) is 0. The van der Waals surface area contributed by atoms with Gasteiger partial charge in [-0.2, -0.15) is 0 Å². The molecule has 3 aliphatic heterocycles. The third-order valence-corrected chi connectivity index (χ3v) is 20.0. The monoisotopic (exact) mass is 1090 g/mol. The predicted octanol–water partition coefficient (Wildman–Crippen LogP) is -0.231. The number of aliphatic hydroxyl groups excluding tert-OH is 9. The number of hydrogen-bond donors (Lipinski definition) is 12. The summed E-state index contributed by atoms with van der Waals surface area (Å²) in [7, 11) is 0. The highest BCUT2D eigenvalue weighted by Gasteiger charge is 2.70. The molecule has 432 valence electrons. The molecule has 0 unspecified atom stereocenters. The predicted molar refractivity (Wildman–Crippen MR) is 255 cm³/mol. The molecule has 24 heteroatoms. The van der Waals surface area contributed by atoms with E-state index >= 15 is 0 Å². The SMILES string of the molecule is CC1(C)CC[C@]2(C(=O)O[C@@H]3O[C@H](CO)[C@@H](O)[C@H](O)[C@H]3O)CC[C@]3(C)C(=CC[C@@H]4[C@@]5(C)CC[C@H](O[C@@H]6O[C@H](C(=O)O)[C@@H](O)[C@H](O[C@H](OCC(=O)O)[C@@H](O)C(=O)O)[C@H]6O[C@@H]6OC[C@@H](O)[C@H](O)[C@H]6O)C(C)(C)[C@@H]5CC[C@]43C)[C@@H]2C1. The van der Waals surface area contributed by atoms with Crippen molar-refractivity contribution in [3.63, 3.8) is 0 Å². The van der Waals surface area contributed by atoms with Crippen LogP contribution in [0.2, 0.25) is 0 Å². The average molecular weight is 1090 g/mol. The van der Waals surface area contributed by atoms with Crippen LogP contribution in [0, 0.1) is 50.2 Å². The second-order valence-electron chi connectivity index (χ2n) is 25.0. The number of aliphatic hydroxyl groups is 9. The number of esters is 1. The first-order valence-corrected chi connectivity index (χ1v) is 26.5. The van der Waals surface area contributed by atoms with Crippen molar-refractivity contribution in [2.75, 3.05) is 19.8 Å². The number of fused-ring (bicyclic) bond motifs is 7. The highest BCUT2D eigenvalue weighted by molar-refractivity contribution is 5.79. The molecule has 0 aromatic carbocycles. The van der Waals surface area contributed by atoms with Crippen molar-refractivity contribution in [2.24, 2.45) is 50.2 Å². The second-order valence-corrected chi connectivity index (χ2v) is 25.0. The topological polar surface area (TPSA) is 385 Å². The molecule has 0 aromatic rings. The zero-order valence-corrected chi connectivity index (χ0v) is 44.1. The van der Waals surface area contributed by atoms with Gasteiger partial charge in [0.25, 0.3) is 0 Å². The molecule has 24 atom stereocenters. The van der Waals surface area contributed by atoms with Gasteiger partial charge in [0.05, 0.1) is 24.7 Å². The molecule has 76 heavy (non-hydrogen) atoms. The van der Waals surface area contributed by atoms with E-state index in [1.807, 2.05) is 13.8 Å². The molecule has 7 fully saturated rings. The molecule has 0 radical (unpaired) electrons. The van der Waals surface area contributed by atoms with Crippen molar-refractivity contribution < 1.29 is 118 Å². The number of carboxylic acids is 3. The summed E-state index contributed by atoms with van der Waals surface area (Å²) >= 11 is 0. The summed E-state index contributed by atoms with van der Waals surface area (Å²) < 4.78 is 46.9. The Morgan fingerprint density at radius 2 is 1.39 bits per heavy atom. The van der Waals surface area contributed by atoms with Crippen LogP contribution in [-0.4, -0.2) is 209 Å². The Hall–Kier alpha value is -3.02. The number of aliphatic carboxylic acids is 3. The molecule has 8 aliphatic rings. The Morgan fingerprint density at radius 3 is 2.04 bits per heavy atom. The number of carbonyl (C=O) groups excluding carboxylic acids is 1. The first-order chi connectivity index (χ1) is 35.4. The fraction of sp³-hybridized carbons (Fsp3) is 0.885. The summed E-state index contributed by atoms with van der Waals surface area (Å²) in [5.74, 6) is -5.97. The average Bonchev–Trinajstić information content (AvgIpc) is 3.42. The van der Waals surface area contributed by atoms with Crippen LogP contribution >= 0.6 is 0 Å². The molecule has 0 aromatic heterocycles. The highest BCUT2D eigenvalue weighted by Crippen LogP contribution is 2.76. The Kier molecular flexibility index (Phi) is 16.7. The van der Waals surface area contributed by atoms with Gasteiger partial charge in [0.2, 0.25) is 12.4 Å². The Labute approximate surface area is 440 Å². The normalized spacial score (nSPS) is 47.6. The van der Waals surface area contributed by atoms with Gasteiger partial charge in [-0.3, -0.25) is 4.79 Å². The van der Waals surface area contributed by atoms with E-state index in [0.717, 1.165) is 12.8 Å². The van der Waals surface area contributed by atoms with Crippen LogP contribution in [0.3, 0.4) is 0 Å². The fourth-order valence-electron chi connectivity index (χ4n) is 15.5. The quantitative estimate of drug-likeness (QED) is 0.0436. The van der Waals surface area contributed by atoms with Gasteiger partial charge in [-0.15, -0.1) is 0 Å². The smallest absolute Gasteiger partial charge is 0.337 e. The number of carboxylic acid groups (broad SMARTS) is 3. The minimum atomic E-state index is -2.58. The Balaban J connectivity index is 1.08. The summed E-state index contributed by atoms with van der Waals surface area (Å²) in [5, 5.41) is 125. The van der Waals surface area contributed by atoms with Crippen LogP contribution in [0.5, 0.6) is 0 Å². The molecule has 4 saturated carbocycles. The molecule has 0 spiro atoms. The van der Waals surface area contributed by atoms with Crippen molar-refractivity contribution in [3.05, 3.63) is 11.6 Å². The molecule has 3 saturated heterocycles. The first-order valence-electron chi connectivity index (χ1n) is 26.5. The molecule has 8 rings (SSSR count). The number of hydrogen-bond acceptors (Lipinski definition) is 21. The van der Waals surface area contributed by atoms with Crippen LogP contribution in [0.15, 0.2) is 11.6 Å². The summed E-state index contributed by atoms with van der Waals surface area (Å²) in [4.78, 5) is 51.1. The minimum Gasteiger partial charge on any atom is -0.480 e. The lowest BCUT2D eigenvalue weighted by atomic mass is 9.33. The van der Waals surface area contributed by atoms with E-state index in [4.69, 9.17) is 37.9 Å². The lowest BCUT2D eigenvalue weighted by Crippen LogP contribution is -2.67. The van der Waals surface area contributed by atoms with Crippen molar-refractivity contribution in [3.8, 4) is 0 Å². The lowest BCUT2D eigenvalue weighted by molar-refractivity contribution is -0.380. The van der Waals surface area contributed by atoms with Crippen molar-refractivity contribution >= 4 is 23.9 Å². The standard InChI is InChI=1S/C52H80O24/c1-47(2)14-16-52(46(68)76-44-34(61)32(59)31(58)25(19-53)71-44)17-15-50(6)22(23(52)18-47)8-9-27-49(5)12-11-28(48(3,4)26(49)10-13-51(27,50)7)72-45-39(75-42-33(60)30(57)24(54)20-69-42)37(35(62)38(74-45)41(66)67)73-43(36(63)40(64)65)70-21-29(55)56/h8,23-28,30-39,42-45,53-54,57-63H,9-21H2,1-7H3,(H,55,56)(H,64,65)(H,66,67)/t23-,24+,25+,26-,27+,28-,30-,31+,32-,33+,34+,35-,36-,37-,38-,39+,42-,43-,44-,45+,49-,50+,51+,52-/m0/s1. The van der Waals surface area contributed by atoms with Crippen molar-refractivity contribution in [1.82, 2.24) is 0 Å². The Morgan fingerprint density at radius 1 is 0.724 bits per heavy atom. The molecular formula is C52H80O24. The van der Waals surface area contributed by atoms with E-state index in [1.54, 1.807) is 0 Å². The molecule has 24 nitrogen and oxygen atoms in total. The van der Waals surface area contributed by atoms with E-state index in [1.165, 1.54) is 5.57 Å². The van der Waals surface area contributed by atoms with E-state index in [0.29, 0.717) is 51.4 Å². The van der Waals surface area contributed by atoms with Gasteiger partial charge in [-0.1, -0.05) is 60.1 Å². The number of carbonyl (C=O) groups is 4. The zero-order chi connectivity index (χ0) is 56.0. The minimum absolute atomic E-state index is 0.0456. The summed E-state index contributed by atoms with van der Waals surface area (Å²) in [5.41, 5.74) is -1.65. The lowest BCUT2D eigenvalue weighted by Gasteiger charge is -2.71. The molecule has 3 heterocycles. The molecular weight excluding hydrogens is 1010 g/mol. The van der Waals surface area contributed by atoms with E-state index in [-0.39, 0.29) is 39.4 Å². The zero-order valence-electron chi connectivity index (χ0n) is 44.1. The number of allylic oxidation sites excluding steroid dienone is 2. The van der Waals surface area contributed by atoms with Gasteiger partial charge in [-0.05, 0) is 109 Å². The van der Waals surface area contributed by atoms with Gasteiger partial charge in [-0.25, -0.2) is 14.4 Å². The number of rotatable bonds is 15.